The Morgan fingerprint density at radius 1 is 1.17 bits per heavy atom. The summed E-state index contributed by atoms with van der Waals surface area (Å²) in [6.45, 7) is 2.15. The lowest BCUT2D eigenvalue weighted by Gasteiger charge is -2.07. The molecule has 0 saturated carbocycles. The standard InChI is InChI=1S/C17H17N5O/c1-2-4-13-7-9-15(10-8-13)19-17(23)14-5-3-6-16(11-14)22-12-18-20-21-22/h3,5-12H,2,4H2,1H3,(H,19,23). The minimum Gasteiger partial charge on any atom is -0.322 e. The van der Waals surface area contributed by atoms with Gasteiger partial charge < -0.3 is 5.32 Å². The van der Waals surface area contributed by atoms with Crippen molar-refractivity contribution in [2.24, 2.45) is 0 Å². The second kappa shape index (κ2) is 6.83. The van der Waals surface area contributed by atoms with Gasteiger partial charge in [0.1, 0.15) is 6.33 Å². The third-order valence-corrected chi connectivity index (χ3v) is 3.47. The zero-order valence-corrected chi connectivity index (χ0v) is 12.8. The van der Waals surface area contributed by atoms with Gasteiger partial charge in [0.25, 0.3) is 5.91 Å². The molecule has 0 radical (unpaired) electrons. The van der Waals surface area contributed by atoms with Gasteiger partial charge in [0, 0.05) is 11.3 Å². The van der Waals surface area contributed by atoms with Gasteiger partial charge in [-0.15, -0.1) is 5.10 Å². The molecule has 3 rings (SSSR count). The van der Waals surface area contributed by atoms with E-state index in [0.29, 0.717) is 5.56 Å². The fourth-order valence-corrected chi connectivity index (χ4v) is 2.32. The summed E-state index contributed by atoms with van der Waals surface area (Å²) in [5, 5.41) is 13.9. The number of anilines is 1. The minimum absolute atomic E-state index is 0.164. The first kappa shape index (κ1) is 14.9. The number of nitrogens with one attached hydrogen (secondary N) is 1. The lowest BCUT2D eigenvalue weighted by molar-refractivity contribution is 0.102. The molecule has 23 heavy (non-hydrogen) atoms. The molecule has 0 spiro atoms. The van der Waals surface area contributed by atoms with E-state index in [1.54, 1.807) is 18.2 Å². The van der Waals surface area contributed by atoms with E-state index in [9.17, 15) is 4.79 Å². The van der Waals surface area contributed by atoms with Gasteiger partial charge in [0.05, 0.1) is 5.69 Å². The topological polar surface area (TPSA) is 72.7 Å². The predicted octanol–water partition coefficient (Wildman–Crippen LogP) is 2.87. The molecule has 116 valence electrons. The lowest BCUT2D eigenvalue weighted by atomic mass is 10.1. The molecular formula is C17H17N5O. The van der Waals surface area contributed by atoms with E-state index >= 15 is 0 Å². The largest absolute Gasteiger partial charge is 0.322 e. The molecule has 1 N–H and O–H groups in total. The van der Waals surface area contributed by atoms with Crippen molar-refractivity contribution < 1.29 is 4.79 Å². The van der Waals surface area contributed by atoms with Crippen molar-refractivity contribution in [1.82, 2.24) is 20.2 Å². The molecule has 0 aliphatic heterocycles. The van der Waals surface area contributed by atoms with Crippen LogP contribution in [0, 0.1) is 0 Å². The molecule has 0 fully saturated rings. The smallest absolute Gasteiger partial charge is 0.255 e. The SMILES string of the molecule is CCCc1ccc(NC(=O)c2cccc(-n3cnnn3)c2)cc1. The maximum Gasteiger partial charge on any atom is 0.255 e. The number of carbonyl (C=O) groups excluding carboxylic acids is 1. The number of benzene rings is 2. The average Bonchev–Trinajstić information content (AvgIpc) is 3.12. The first-order valence-electron chi connectivity index (χ1n) is 7.50. The summed E-state index contributed by atoms with van der Waals surface area (Å²) < 4.78 is 1.51. The van der Waals surface area contributed by atoms with Crippen molar-refractivity contribution in [3.8, 4) is 5.69 Å². The zero-order chi connectivity index (χ0) is 16.1. The van der Waals surface area contributed by atoms with Gasteiger partial charge in [0.2, 0.25) is 0 Å². The van der Waals surface area contributed by atoms with E-state index in [0.717, 1.165) is 24.2 Å². The summed E-state index contributed by atoms with van der Waals surface area (Å²) in [6, 6.07) is 15.1. The van der Waals surface area contributed by atoms with Crippen LogP contribution in [0.4, 0.5) is 5.69 Å². The van der Waals surface area contributed by atoms with Crippen molar-refractivity contribution in [1.29, 1.82) is 0 Å². The predicted molar refractivity (Wildman–Crippen MR) is 87.5 cm³/mol. The quantitative estimate of drug-likeness (QED) is 0.786. The van der Waals surface area contributed by atoms with E-state index < -0.39 is 0 Å². The van der Waals surface area contributed by atoms with Gasteiger partial charge in [-0.3, -0.25) is 4.79 Å². The van der Waals surface area contributed by atoms with Crippen LogP contribution in [-0.4, -0.2) is 26.1 Å². The van der Waals surface area contributed by atoms with Crippen LogP contribution in [0.3, 0.4) is 0 Å². The van der Waals surface area contributed by atoms with Crippen molar-refractivity contribution in [2.75, 3.05) is 5.32 Å². The summed E-state index contributed by atoms with van der Waals surface area (Å²) in [7, 11) is 0. The number of hydrogen-bond donors (Lipinski definition) is 1. The average molecular weight is 307 g/mol. The monoisotopic (exact) mass is 307 g/mol. The van der Waals surface area contributed by atoms with E-state index in [-0.39, 0.29) is 5.91 Å². The fraction of sp³-hybridized carbons (Fsp3) is 0.176. The van der Waals surface area contributed by atoms with Crippen LogP contribution in [0.2, 0.25) is 0 Å². The van der Waals surface area contributed by atoms with Crippen molar-refractivity contribution >= 4 is 11.6 Å². The highest BCUT2D eigenvalue weighted by atomic mass is 16.1. The van der Waals surface area contributed by atoms with Crippen LogP contribution >= 0.6 is 0 Å². The molecule has 6 heteroatoms. The van der Waals surface area contributed by atoms with Gasteiger partial charge in [-0.25, -0.2) is 4.68 Å². The molecule has 0 atom stereocenters. The van der Waals surface area contributed by atoms with Crippen molar-refractivity contribution in [3.63, 3.8) is 0 Å². The highest BCUT2D eigenvalue weighted by molar-refractivity contribution is 6.04. The molecule has 2 aromatic carbocycles. The van der Waals surface area contributed by atoms with E-state index in [2.05, 4.69) is 27.8 Å². The van der Waals surface area contributed by atoms with Crippen LogP contribution in [-0.2, 0) is 6.42 Å². The van der Waals surface area contributed by atoms with Crippen LogP contribution in [0.5, 0.6) is 0 Å². The summed E-state index contributed by atoms with van der Waals surface area (Å²) in [6.07, 6.45) is 3.64. The molecule has 1 heterocycles. The highest BCUT2D eigenvalue weighted by Gasteiger charge is 2.08. The number of nitrogens with zero attached hydrogens (tertiary/aromatic N) is 4. The minimum atomic E-state index is -0.164. The normalized spacial score (nSPS) is 10.5. The third kappa shape index (κ3) is 3.60. The number of tetrazole rings is 1. The van der Waals surface area contributed by atoms with Gasteiger partial charge in [-0.1, -0.05) is 31.5 Å². The zero-order valence-electron chi connectivity index (χ0n) is 12.8. The highest BCUT2D eigenvalue weighted by Crippen LogP contribution is 2.14. The second-order valence-corrected chi connectivity index (χ2v) is 5.21. The Bertz CT molecular complexity index is 781. The first-order valence-corrected chi connectivity index (χ1v) is 7.50. The Hall–Kier alpha value is -3.02. The van der Waals surface area contributed by atoms with E-state index in [4.69, 9.17) is 0 Å². The van der Waals surface area contributed by atoms with Crippen LogP contribution in [0.25, 0.3) is 5.69 Å². The summed E-state index contributed by atoms with van der Waals surface area (Å²) in [4.78, 5) is 12.4. The number of aryl methyl sites for hydroxylation is 1. The van der Waals surface area contributed by atoms with Crippen molar-refractivity contribution in [2.45, 2.75) is 19.8 Å². The van der Waals surface area contributed by atoms with Gasteiger partial charge in [-0.2, -0.15) is 0 Å². The number of carbonyl (C=O) groups is 1. The third-order valence-electron chi connectivity index (χ3n) is 3.47. The molecular weight excluding hydrogens is 290 g/mol. The molecule has 0 aliphatic rings. The van der Waals surface area contributed by atoms with Gasteiger partial charge in [0.15, 0.2) is 0 Å². The first-order chi connectivity index (χ1) is 11.3. The number of rotatable bonds is 5. The lowest BCUT2D eigenvalue weighted by Crippen LogP contribution is -2.12. The van der Waals surface area contributed by atoms with E-state index in [1.807, 2.05) is 30.3 Å². The summed E-state index contributed by atoms with van der Waals surface area (Å²) >= 11 is 0. The van der Waals surface area contributed by atoms with Crippen molar-refractivity contribution in [3.05, 3.63) is 66.0 Å². The van der Waals surface area contributed by atoms with Crippen LogP contribution in [0.15, 0.2) is 54.9 Å². The Balaban J connectivity index is 1.74. The number of hydrogen-bond acceptors (Lipinski definition) is 4. The Morgan fingerprint density at radius 3 is 2.70 bits per heavy atom. The Labute approximate surface area is 134 Å². The van der Waals surface area contributed by atoms with Crippen LogP contribution < -0.4 is 5.32 Å². The molecule has 0 unspecified atom stereocenters. The maximum atomic E-state index is 12.4. The van der Waals surface area contributed by atoms with Gasteiger partial charge in [-0.05, 0) is 52.7 Å². The molecule has 0 bridgehead atoms. The number of aromatic nitrogens is 4. The molecule has 1 aromatic heterocycles. The van der Waals surface area contributed by atoms with E-state index in [1.165, 1.54) is 16.6 Å². The summed E-state index contributed by atoms with van der Waals surface area (Å²) in [5.41, 5.74) is 3.34. The number of amides is 1. The van der Waals surface area contributed by atoms with Gasteiger partial charge >= 0.3 is 0 Å². The maximum absolute atomic E-state index is 12.4. The molecule has 3 aromatic rings. The Morgan fingerprint density at radius 2 is 2.00 bits per heavy atom. The Kier molecular flexibility index (Phi) is 4.42. The van der Waals surface area contributed by atoms with Crippen LogP contribution in [0.1, 0.15) is 29.3 Å². The second-order valence-electron chi connectivity index (χ2n) is 5.21. The molecule has 6 nitrogen and oxygen atoms in total. The molecule has 0 aliphatic carbocycles. The fourth-order valence-electron chi connectivity index (χ4n) is 2.32. The summed E-state index contributed by atoms with van der Waals surface area (Å²) in [5.74, 6) is -0.164. The molecule has 1 amide bonds. The molecule has 0 saturated heterocycles.